The molecule has 3 aliphatic rings. The monoisotopic (exact) mass is 579 g/mol. The fourth-order valence-electron chi connectivity index (χ4n) is 5.52. The summed E-state index contributed by atoms with van der Waals surface area (Å²) in [5.41, 5.74) is 1.28. The average molecular weight is 580 g/mol. The maximum Gasteiger partial charge on any atom is 0.274 e. The van der Waals surface area contributed by atoms with Crippen molar-refractivity contribution in [1.82, 2.24) is 35.1 Å². The molecule has 2 fully saturated rings. The van der Waals surface area contributed by atoms with E-state index in [0.717, 1.165) is 0 Å². The van der Waals surface area contributed by atoms with E-state index in [4.69, 9.17) is 21.1 Å². The van der Waals surface area contributed by atoms with Gasteiger partial charge in [-0.2, -0.15) is 0 Å². The van der Waals surface area contributed by atoms with Crippen molar-refractivity contribution in [1.29, 1.82) is 0 Å². The second kappa shape index (κ2) is 11.8. The predicted octanol–water partition coefficient (Wildman–Crippen LogP) is 1.80. The van der Waals surface area contributed by atoms with Crippen LogP contribution in [-0.2, 0) is 22.7 Å². The van der Waals surface area contributed by atoms with Crippen LogP contribution in [0.5, 0.6) is 5.75 Å². The van der Waals surface area contributed by atoms with Gasteiger partial charge in [-0.05, 0) is 37.1 Å². The van der Waals surface area contributed by atoms with Crippen LogP contribution in [0.25, 0.3) is 0 Å². The average Bonchev–Trinajstić information content (AvgIpc) is 3.62. The van der Waals surface area contributed by atoms with Crippen LogP contribution in [0.1, 0.15) is 39.4 Å². The number of amides is 3. The Morgan fingerprint density at radius 3 is 2.68 bits per heavy atom. The molecule has 1 aromatic carbocycles. The molecule has 2 aromatic heterocycles. The van der Waals surface area contributed by atoms with Crippen LogP contribution >= 0.6 is 11.6 Å². The molecule has 5 heterocycles. The number of benzene rings is 1. The third kappa shape index (κ3) is 5.89. The van der Waals surface area contributed by atoms with Crippen LogP contribution in [0, 0.1) is 5.92 Å². The van der Waals surface area contributed by atoms with Gasteiger partial charge in [-0.3, -0.25) is 14.4 Å². The van der Waals surface area contributed by atoms with Crippen LogP contribution < -0.4 is 10.1 Å². The van der Waals surface area contributed by atoms with Crippen molar-refractivity contribution in [3.8, 4) is 5.75 Å². The first-order chi connectivity index (χ1) is 20.0. The molecule has 0 radical (unpaired) electrons. The number of hydrogen-bond donors (Lipinski definition) is 1. The lowest BCUT2D eigenvalue weighted by atomic mass is 9.95. The summed E-state index contributed by atoms with van der Waals surface area (Å²) in [4.78, 5) is 47.6. The number of pyridine rings is 1. The van der Waals surface area contributed by atoms with Gasteiger partial charge in [0.2, 0.25) is 5.91 Å². The molecule has 3 aromatic rings. The first-order valence-electron chi connectivity index (χ1n) is 13.7. The van der Waals surface area contributed by atoms with Crippen molar-refractivity contribution >= 4 is 29.3 Å². The molecule has 6 rings (SSSR count). The number of carbonyl (C=O) groups excluding carboxylic acids is 3. The zero-order valence-corrected chi connectivity index (χ0v) is 23.1. The summed E-state index contributed by atoms with van der Waals surface area (Å²) in [6, 6.07) is 9.93. The van der Waals surface area contributed by atoms with Crippen molar-refractivity contribution in [3.63, 3.8) is 0 Å². The van der Waals surface area contributed by atoms with Crippen molar-refractivity contribution in [3.05, 3.63) is 70.8 Å². The lowest BCUT2D eigenvalue weighted by Gasteiger charge is -2.33. The Morgan fingerprint density at radius 1 is 1.02 bits per heavy atom. The van der Waals surface area contributed by atoms with Crippen molar-refractivity contribution in [2.75, 3.05) is 32.8 Å². The molecule has 2 saturated heterocycles. The minimum Gasteiger partial charge on any atom is -0.489 e. The third-order valence-corrected chi connectivity index (χ3v) is 8.05. The third-order valence-electron chi connectivity index (χ3n) is 7.73. The normalized spacial score (nSPS) is 21.7. The van der Waals surface area contributed by atoms with E-state index in [1.54, 1.807) is 57.1 Å². The first-order valence-corrected chi connectivity index (χ1v) is 14.1. The van der Waals surface area contributed by atoms with E-state index in [1.165, 1.54) is 6.20 Å². The number of aromatic nitrogens is 4. The summed E-state index contributed by atoms with van der Waals surface area (Å²) in [5, 5.41) is 11.7. The predicted molar refractivity (Wildman–Crippen MR) is 146 cm³/mol. The number of fused-ring (bicyclic) bond motifs is 4. The largest absolute Gasteiger partial charge is 0.489 e. The molecular weight excluding hydrogens is 550 g/mol. The molecule has 0 spiro atoms. The summed E-state index contributed by atoms with van der Waals surface area (Å²) < 4.78 is 13.7. The Morgan fingerprint density at radius 2 is 1.85 bits per heavy atom. The molecular formula is C28H30ClN7O5. The quantitative estimate of drug-likeness (QED) is 0.486. The van der Waals surface area contributed by atoms with E-state index in [1.807, 2.05) is 0 Å². The SMILES string of the molecule is O=C1N[C@H]2CN(C(=O)C3CCN(C(=O)c4ccccc4Cl)CC3)C[C@@H]2OCc2cn(nn2)CCOc2cccnc21. The molecule has 1 N–H and O–H groups in total. The Balaban J connectivity index is 1.14. The van der Waals surface area contributed by atoms with Gasteiger partial charge in [-0.25, -0.2) is 9.67 Å². The van der Waals surface area contributed by atoms with E-state index in [2.05, 4.69) is 20.6 Å². The summed E-state index contributed by atoms with van der Waals surface area (Å²) in [7, 11) is 0. The lowest BCUT2D eigenvalue weighted by molar-refractivity contribution is -0.136. The number of piperidine rings is 1. The van der Waals surface area contributed by atoms with Gasteiger partial charge >= 0.3 is 0 Å². The number of likely N-dealkylation sites (tertiary alicyclic amines) is 2. The van der Waals surface area contributed by atoms with E-state index in [-0.39, 0.29) is 36.6 Å². The number of rotatable bonds is 2. The molecule has 13 heteroatoms. The van der Waals surface area contributed by atoms with Crippen molar-refractivity contribution in [2.45, 2.75) is 38.1 Å². The fourth-order valence-corrected chi connectivity index (χ4v) is 5.74. The fraction of sp³-hybridized carbons (Fsp3) is 0.429. The van der Waals surface area contributed by atoms with E-state index >= 15 is 0 Å². The van der Waals surface area contributed by atoms with Gasteiger partial charge in [-0.15, -0.1) is 5.10 Å². The van der Waals surface area contributed by atoms with E-state index in [0.29, 0.717) is 67.6 Å². The Labute approximate surface area is 241 Å². The van der Waals surface area contributed by atoms with Crippen molar-refractivity contribution in [2.24, 2.45) is 5.92 Å². The lowest BCUT2D eigenvalue weighted by Crippen LogP contribution is -2.45. The van der Waals surface area contributed by atoms with E-state index in [9.17, 15) is 14.4 Å². The zero-order chi connectivity index (χ0) is 28.3. The molecule has 0 saturated carbocycles. The summed E-state index contributed by atoms with van der Waals surface area (Å²) in [6.45, 7) is 2.47. The number of hydrogen-bond acceptors (Lipinski definition) is 8. The number of ether oxygens (including phenoxy) is 2. The first kappa shape index (κ1) is 27.2. The molecule has 214 valence electrons. The Kier molecular flexibility index (Phi) is 7.84. The molecule has 2 bridgehead atoms. The molecule has 2 atom stereocenters. The zero-order valence-electron chi connectivity index (χ0n) is 22.3. The highest BCUT2D eigenvalue weighted by atomic mass is 35.5. The molecule has 12 nitrogen and oxygen atoms in total. The van der Waals surface area contributed by atoms with Gasteiger partial charge in [0.05, 0.1) is 42.1 Å². The van der Waals surface area contributed by atoms with Crippen LogP contribution in [0.4, 0.5) is 0 Å². The highest BCUT2D eigenvalue weighted by Crippen LogP contribution is 2.26. The second-order valence-electron chi connectivity index (χ2n) is 10.4. The highest BCUT2D eigenvalue weighted by Gasteiger charge is 2.40. The van der Waals surface area contributed by atoms with Crippen molar-refractivity contribution < 1.29 is 23.9 Å². The summed E-state index contributed by atoms with van der Waals surface area (Å²) >= 11 is 6.22. The topological polar surface area (TPSA) is 132 Å². The maximum atomic E-state index is 13.6. The van der Waals surface area contributed by atoms with Crippen LogP contribution in [-0.4, -0.2) is 92.4 Å². The van der Waals surface area contributed by atoms with Crippen LogP contribution in [0.15, 0.2) is 48.8 Å². The summed E-state index contributed by atoms with van der Waals surface area (Å²) in [6.07, 6.45) is 3.97. The number of nitrogens with one attached hydrogen (secondary N) is 1. The smallest absolute Gasteiger partial charge is 0.274 e. The molecule has 41 heavy (non-hydrogen) atoms. The van der Waals surface area contributed by atoms with Crippen LogP contribution in [0.2, 0.25) is 5.02 Å². The minimum absolute atomic E-state index is 0.00842. The van der Waals surface area contributed by atoms with Gasteiger partial charge in [0.25, 0.3) is 11.8 Å². The van der Waals surface area contributed by atoms with Gasteiger partial charge < -0.3 is 24.6 Å². The van der Waals surface area contributed by atoms with Gasteiger partial charge in [0.15, 0.2) is 11.4 Å². The minimum atomic E-state index is -0.457. The second-order valence-corrected chi connectivity index (χ2v) is 10.8. The van der Waals surface area contributed by atoms with E-state index < -0.39 is 18.1 Å². The number of nitrogens with zero attached hydrogens (tertiary/aromatic N) is 6. The van der Waals surface area contributed by atoms with Gasteiger partial charge in [0, 0.05) is 38.3 Å². The molecule has 0 unspecified atom stereocenters. The van der Waals surface area contributed by atoms with Gasteiger partial charge in [0.1, 0.15) is 12.3 Å². The molecule has 3 aliphatic heterocycles. The molecule has 0 aliphatic carbocycles. The molecule has 3 amide bonds. The Bertz CT molecular complexity index is 1440. The maximum absolute atomic E-state index is 13.6. The van der Waals surface area contributed by atoms with Crippen LogP contribution in [0.3, 0.4) is 0 Å². The van der Waals surface area contributed by atoms with Gasteiger partial charge in [-0.1, -0.05) is 28.9 Å². The Hall–Kier alpha value is -4.03. The standard InChI is InChI=1S/C28H30ClN7O5/c29-21-5-2-1-4-20(21)28(39)34-10-7-18(8-11-34)27(38)35-15-22-24(16-35)41-17-19-14-36(33-32-19)12-13-40-23-6-3-9-30-25(23)26(37)31-22/h1-6,9,14,18,22,24H,7-8,10-13,15-17H2,(H,31,37)/t22-,24-/m0/s1. The number of halogens is 1. The highest BCUT2D eigenvalue weighted by molar-refractivity contribution is 6.33. The summed E-state index contributed by atoms with van der Waals surface area (Å²) in [5.74, 6) is -0.397. The number of carbonyl (C=O) groups is 3.